The largest absolute Gasteiger partial charge is 0.283 e. The number of hydrogen-bond donors (Lipinski definition) is 0. The summed E-state index contributed by atoms with van der Waals surface area (Å²) in [6.07, 6.45) is 0. The average molecular weight is 564 g/mol. The van der Waals surface area contributed by atoms with Crippen LogP contribution in [0.2, 0.25) is 0 Å². The number of nitrogens with zero attached hydrogens (tertiary/aromatic N) is 2. The fourth-order valence-electron chi connectivity index (χ4n) is 4.65. The smallest absolute Gasteiger partial charge is 0.199 e. The van der Waals surface area contributed by atoms with Gasteiger partial charge in [0.05, 0.1) is 16.3 Å². The maximum Gasteiger partial charge on any atom is 0.283 e. The van der Waals surface area contributed by atoms with Gasteiger partial charge in [0.25, 0.3) is 10.0 Å². The molecule has 3 aromatic carbocycles. The van der Waals surface area contributed by atoms with E-state index in [1.165, 1.54) is 0 Å². The molecule has 0 bridgehead atoms. The minimum Gasteiger partial charge on any atom is -0.199 e. The van der Waals surface area contributed by atoms with E-state index in [1.54, 1.807) is 30.3 Å². The molecule has 0 saturated heterocycles. The lowest BCUT2D eigenvalue weighted by atomic mass is 9.79. The zero-order chi connectivity index (χ0) is 30.5. The summed E-state index contributed by atoms with van der Waals surface area (Å²) < 4.78 is 30.1. The molecule has 0 fully saturated rings. The fourth-order valence-corrected chi connectivity index (χ4v) is 6.08. The highest BCUT2D eigenvalue weighted by Crippen LogP contribution is 2.44. The molecular formula is C34H47N2O3S. The van der Waals surface area contributed by atoms with E-state index in [0.29, 0.717) is 10.9 Å². The third-order valence-electron chi connectivity index (χ3n) is 7.15. The van der Waals surface area contributed by atoms with E-state index >= 15 is 0 Å². The second kappa shape index (κ2) is 10.5. The van der Waals surface area contributed by atoms with Crippen molar-refractivity contribution in [3.05, 3.63) is 89.0 Å². The summed E-state index contributed by atoms with van der Waals surface area (Å²) in [5, 5.41) is 15.3. The summed E-state index contributed by atoms with van der Waals surface area (Å²) in [6.45, 7) is 24.8. The Hall–Kier alpha value is -2.83. The first-order chi connectivity index (χ1) is 18.1. The molecule has 217 valence electrons. The van der Waals surface area contributed by atoms with E-state index in [-0.39, 0.29) is 21.4 Å². The highest BCUT2D eigenvalue weighted by Gasteiger charge is 2.39. The molecule has 3 rings (SSSR count). The quantitative estimate of drug-likeness (QED) is 0.291. The van der Waals surface area contributed by atoms with Crippen LogP contribution in [0.1, 0.15) is 105 Å². The van der Waals surface area contributed by atoms with Crippen LogP contribution in [0.5, 0.6) is 0 Å². The molecule has 0 aliphatic heterocycles. The monoisotopic (exact) mass is 563 g/mol. The minimum absolute atomic E-state index is 0.0578. The summed E-state index contributed by atoms with van der Waals surface area (Å²) in [6, 6.07) is 19.8. The van der Waals surface area contributed by atoms with Crippen LogP contribution < -0.4 is 9.59 Å². The molecule has 5 nitrogen and oxygen atoms in total. The second-order valence-corrected chi connectivity index (χ2v) is 16.6. The second-order valence-electron chi connectivity index (χ2n) is 14.8. The molecule has 0 aromatic heterocycles. The van der Waals surface area contributed by atoms with Crippen molar-refractivity contribution < 1.29 is 13.6 Å². The molecule has 0 heterocycles. The van der Waals surface area contributed by atoms with Gasteiger partial charge in [0, 0.05) is 0 Å². The van der Waals surface area contributed by atoms with E-state index in [1.807, 2.05) is 71.9 Å². The van der Waals surface area contributed by atoms with Crippen molar-refractivity contribution >= 4 is 21.4 Å². The van der Waals surface area contributed by atoms with Crippen LogP contribution in [0.25, 0.3) is 0 Å². The number of rotatable bonds is 5. The first-order valence-corrected chi connectivity index (χ1v) is 15.4. The SMILES string of the molecule is CC(C)(C)c1cc(N([O])N(c2c(C(C)(C)C)cccc2C(C)(C)C)S(=O)(=O)c2ccccc2)cc(C(C)(C)C)c1. The predicted octanol–water partition coefficient (Wildman–Crippen LogP) is 8.84. The zero-order valence-corrected chi connectivity index (χ0v) is 27.2. The highest BCUT2D eigenvalue weighted by molar-refractivity contribution is 7.93. The van der Waals surface area contributed by atoms with E-state index in [9.17, 15) is 13.6 Å². The lowest BCUT2D eigenvalue weighted by molar-refractivity contribution is 0.162. The van der Waals surface area contributed by atoms with Crippen LogP contribution in [0, 0.1) is 0 Å². The van der Waals surface area contributed by atoms with Crippen molar-refractivity contribution in [1.82, 2.24) is 0 Å². The van der Waals surface area contributed by atoms with Gasteiger partial charge in [0.2, 0.25) is 0 Å². The molecule has 0 unspecified atom stereocenters. The number of para-hydroxylation sites is 1. The average Bonchev–Trinajstić information content (AvgIpc) is 2.82. The molecule has 1 radical (unpaired) electrons. The first kappa shape index (κ1) is 31.7. The lowest BCUT2D eigenvalue weighted by Crippen LogP contribution is -2.46. The van der Waals surface area contributed by atoms with Crippen molar-refractivity contribution in [2.45, 2.75) is 110 Å². The van der Waals surface area contributed by atoms with Crippen molar-refractivity contribution in [1.29, 1.82) is 0 Å². The molecule has 3 aromatic rings. The predicted molar refractivity (Wildman–Crippen MR) is 167 cm³/mol. The minimum atomic E-state index is -4.32. The van der Waals surface area contributed by atoms with Crippen molar-refractivity contribution in [2.75, 3.05) is 9.59 Å². The van der Waals surface area contributed by atoms with Crippen LogP contribution in [-0.4, -0.2) is 8.42 Å². The number of hydrogen-bond acceptors (Lipinski definition) is 3. The van der Waals surface area contributed by atoms with Crippen molar-refractivity contribution in [2.24, 2.45) is 0 Å². The standard InChI is InChI=1S/C34H47N2O3S/c1-31(2,3)24-21-25(32(4,5)6)23-26(22-24)35(37)36(40(38,39)27-17-14-13-15-18-27)30-28(33(7,8)9)19-16-20-29(30)34(10,11)12/h13-23H,1-12H3. The molecular weight excluding hydrogens is 516 g/mol. The Kier molecular flexibility index (Phi) is 8.35. The summed E-state index contributed by atoms with van der Waals surface area (Å²) in [5.74, 6) is 0. The third kappa shape index (κ3) is 6.55. The molecule has 0 N–H and O–H groups in total. The van der Waals surface area contributed by atoms with Gasteiger partial charge in [-0.15, -0.1) is 9.59 Å². The van der Waals surface area contributed by atoms with Gasteiger partial charge in [0.15, 0.2) is 0 Å². The highest BCUT2D eigenvalue weighted by atomic mass is 32.2. The number of anilines is 2. The van der Waals surface area contributed by atoms with Gasteiger partial charge >= 0.3 is 0 Å². The Morgan fingerprint density at radius 1 is 0.550 bits per heavy atom. The maximum atomic E-state index is 14.7. The Balaban J connectivity index is 2.50. The Labute approximate surface area is 242 Å². The van der Waals surface area contributed by atoms with Gasteiger partial charge in [-0.05, 0) is 68.2 Å². The summed E-state index contributed by atoms with van der Waals surface area (Å²) in [7, 11) is -4.32. The topological polar surface area (TPSA) is 60.5 Å². The summed E-state index contributed by atoms with van der Waals surface area (Å²) in [5.41, 5.74) is 2.80. The van der Waals surface area contributed by atoms with Gasteiger partial charge < -0.3 is 0 Å². The van der Waals surface area contributed by atoms with Crippen LogP contribution in [0.15, 0.2) is 71.6 Å². The Morgan fingerprint density at radius 2 is 0.975 bits per heavy atom. The normalized spacial score (nSPS) is 13.3. The lowest BCUT2D eigenvalue weighted by Gasteiger charge is -2.38. The van der Waals surface area contributed by atoms with Crippen molar-refractivity contribution in [3.63, 3.8) is 0 Å². The van der Waals surface area contributed by atoms with Crippen LogP contribution >= 0.6 is 0 Å². The van der Waals surface area contributed by atoms with E-state index in [0.717, 1.165) is 26.7 Å². The molecule has 40 heavy (non-hydrogen) atoms. The van der Waals surface area contributed by atoms with Gasteiger partial charge in [-0.2, -0.15) is 8.42 Å². The van der Waals surface area contributed by atoms with Gasteiger partial charge in [-0.1, -0.05) is 131 Å². The Morgan fingerprint density at radius 3 is 1.35 bits per heavy atom. The van der Waals surface area contributed by atoms with Crippen molar-refractivity contribution in [3.8, 4) is 0 Å². The number of sulfonamides is 1. The summed E-state index contributed by atoms with van der Waals surface area (Å²) >= 11 is 0. The molecule has 0 aliphatic carbocycles. The zero-order valence-electron chi connectivity index (χ0n) is 26.4. The fraction of sp³-hybridized carbons (Fsp3) is 0.471. The number of benzene rings is 3. The first-order valence-electron chi connectivity index (χ1n) is 13.9. The Bertz CT molecular complexity index is 1390. The molecule has 0 aliphatic rings. The van der Waals surface area contributed by atoms with E-state index < -0.39 is 20.9 Å². The molecule has 0 spiro atoms. The third-order valence-corrected chi connectivity index (χ3v) is 8.80. The van der Waals surface area contributed by atoms with Gasteiger partial charge in [-0.3, -0.25) is 0 Å². The number of hydrazine groups is 1. The van der Waals surface area contributed by atoms with Gasteiger partial charge in [-0.25, -0.2) is 0 Å². The van der Waals surface area contributed by atoms with Crippen LogP contribution in [0.4, 0.5) is 11.4 Å². The summed E-state index contributed by atoms with van der Waals surface area (Å²) in [4.78, 5) is 0.0578. The molecule has 6 heteroatoms. The van der Waals surface area contributed by atoms with Crippen LogP contribution in [0.3, 0.4) is 0 Å². The molecule has 0 atom stereocenters. The van der Waals surface area contributed by atoms with E-state index in [2.05, 4.69) is 47.6 Å². The maximum absolute atomic E-state index is 14.7. The van der Waals surface area contributed by atoms with Crippen LogP contribution in [-0.2, 0) is 36.9 Å². The van der Waals surface area contributed by atoms with Gasteiger partial charge in [0.1, 0.15) is 0 Å². The molecule has 0 saturated carbocycles. The molecule has 0 amide bonds. The van der Waals surface area contributed by atoms with E-state index in [4.69, 9.17) is 0 Å².